The molecule has 0 aliphatic carbocycles. The average Bonchev–Trinajstić information content (AvgIpc) is 3.11. The third-order valence-electron chi connectivity index (χ3n) is 4.12. The SMILES string of the molecule is Cc1ccc(NC(=O)NCc2ccnc(N3CCCC3)c2)cc1Cl. The molecule has 126 valence electrons. The maximum atomic E-state index is 12.0. The smallest absolute Gasteiger partial charge is 0.319 e. The molecule has 6 heteroatoms. The monoisotopic (exact) mass is 344 g/mol. The second-order valence-corrected chi connectivity index (χ2v) is 6.40. The molecule has 2 N–H and O–H groups in total. The van der Waals surface area contributed by atoms with Crippen LogP contribution in [0.5, 0.6) is 0 Å². The molecular weight excluding hydrogens is 324 g/mol. The van der Waals surface area contributed by atoms with Crippen LogP contribution in [0.25, 0.3) is 0 Å². The quantitative estimate of drug-likeness (QED) is 0.882. The minimum Gasteiger partial charge on any atom is -0.357 e. The highest BCUT2D eigenvalue weighted by Crippen LogP contribution is 2.20. The Kier molecular flexibility index (Phi) is 5.20. The van der Waals surface area contributed by atoms with Gasteiger partial charge in [-0.2, -0.15) is 0 Å². The van der Waals surface area contributed by atoms with Crippen LogP contribution < -0.4 is 15.5 Å². The van der Waals surface area contributed by atoms with Crippen molar-refractivity contribution in [2.75, 3.05) is 23.3 Å². The number of benzene rings is 1. The Balaban J connectivity index is 1.55. The molecule has 1 aliphatic rings. The summed E-state index contributed by atoms with van der Waals surface area (Å²) in [6, 6.07) is 9.15. The zero-order valence-corrected chi connectivity index (χ0v) is 14.4. The minimum absolute atomic E-state index is 0.255. The molecule has 0 spiro atoms. The number of urea groups is 1. The zero-order chi connectivity index (χ0) is 16.9. The largest absolute Gasteiger partial charge is 0.357 e. The highest BCUT2D eigenvalue weighted by molar-refractivity contribution is 6.31. The molecule has 1 aromatic heterocycles. The molecule has 1 fully saturated rings. The van der Waals surface area contributed by atoms with Crippen molar-refractivity contribution in [3.05, 3.63) is 52.7 Å². The number of anilines is 2. The van der Waals surface area contributed by atoms with Crippen LogP contribution >= 0.6 is 11.6 Å². The molecule has 0 bridgehead atoms. The molecular formula is C18H21ClN4O. The molecule has 0 unspecified atom stereocenters. The second kappa shape index (κ2) is 7.53. The van der Waals surface area contributed by atoms with Crippen molar-refractivity contribution in [3.63, 3.8) is 0 Å². The normalized spacial score (nSPS) is 13.8. The number of pyridine rings is 1. The van der Waals surface area contributed by atoms with E-state index < -0.39 is 0 Å². The summed E-state index contributed by atoms with van der Waals surface area (Å²) in [6.45, 7) is 4.49. The average molecular weight is 345 g/mol. The lowest BCUT2D eigenvalue weighted by atomic mass is 10.2. The Morgan fingerprint density at radius 1 is 1.25 bits per heavy atom. The molecule has 5 nitrogen and oxygen atoms in total. The lowest BCUT2D eigenvalue weighted by Crippen LogP contribution is -2.28. The summed E-state index contributed by atoms with van der Waals surface area (Å²) in [7, 11) is 0. The van der Waals surface area contributed by atoms with Crippen LogP contribution in [0.2, 0.25) is 5.02 Å². The third kappa shape index (κ3) is 4.17. The van der Waals surface area contributed by atoms with E-state index >= 15 is 0 Å². The molecule has 0 atom stereocenters. The van der Waals surface area contributed by atoms with Crippen molar-refractivity contribution in [1.82, 2.24) is 10.3 Å². The number of hydrogen-bond donors (Lipinski definition) is 2. The van der Waals surface area contributed by atoms with Gasteiger partial charge in [0, 0.05) is 36.5 Å². The predicted octanol–water partition coefficient (Wildman–Crippen LogP) is 3.97. The van der Waals surface area contributed by atoms with Gasteiger partial charge in [0.15, 0.2) is 0 Å². The number of nitrogens with zero attached hydrogens (tertiary/aromatic N) is 2. The van der Waals surface area contributed by atoms with E-state index in [0.717, 1.165) is 30.0 Å². The summed E-state index contributed by atoms with van der Waals surface area (Å²) in [4.78, 5) is 18.7. The van der Waals surface area contributed by atoms with Gasteiger partial charge in [0.1, 0.15) is 5.82 Å². The number of aromatic nitrogens is 1. The fraction of sp³-hybridized carbons (Fsp3) is 0.333. The van der Waals surface area contributed by atoms with E-state index in [1.54, 1.807) is 12.3 Å². The topological polar surface area (TPSA) is 57.3 Å². The van der Waals surface area contributed by atoms with Crippen molar-refractivity contribution in [2.24, 2.45) is 0 Å². The van der Waals surface area contributed by atoms with Gasteiger partial charge in [-0.1, -0.05) is 17.7 Å². The van der Waals surface area contributed by atoms with Gasteiger partial charge >= 0.3 is 6.03 Å². The van der Waals surface area contributed by atoms with Crippen LogP contribution in [0.3, 0.4) is 0 Å². The summed E-state index contributed by atoms with van der Waals surface area (Å²) < 4.78 is 0. The van der Waals surface area contributed by atoms with Crippen molar-refractivity contribution in [3.8, 4) is 0 Å². The van der Waals surface area contributed by atoms with Crippen LogP contribution in [-0.2, 0) is 6.54 Å². The Labute approximate surface area is 147 Å². The third-order valence-corrected chi connectivity index (χ3v) is 4.53. The first kappa shape index (κ1) is 16.6. The zero-order valence-electron chi connectivity index (χ0n) is 13.7. The van der Waals surface area contributed by atoms with Gasteiger partial charge in [0.25, 0.3) is 0 Å². The van der Waals surface area contributed by atoms with Gasteiger partial charge in [-0.3, -0.25) is 0 Å². The lowest BCUT2D eigenvalue weighted by molar-refractivity contribution is 0.251. The van der Waals surface area contributed by atoms with Gasteiger partial charge < -0.3 is 15.5 Å². The Morgan fingerprint density at radius 2 is 2.04 bits per heavy atom. The summed E-state index contributed by atoms with van der Waals surface area (Å²) in [5, 5.41) is 6.29. The summed E-state index contributed by atoms with van der Waals surface area (Å²) in [6.07, 6.45) is 4.22. The lowest BCUT2D eigenvalue weighted by Gasteiger charge is -2.17. The number of aryl methyl sites for hydroxylation is 1. The van der Waals surface area contributed by atoms with Crippen molar-refractivity contribution < 1.29 is 4.79 Å². The molecule has 24 heavy (non-hydrogen) atoms. The van der Waals surface area contributed by atoms with Crippen LogP contribution in [0, 0.1) is 6.92 Å². The van der Waals surface area contributed by atoms with Crippen molar-refractivity contribution in [1.29, 1.82) is 0 Å². The second-order valence-electron chi connectivity index (χ2n) is 5.99. The maximum absolute atomic E-state index is 12.0. The van der Waals surface area contributed by atoms with Crippen molar-refractivity contribution in [2.45, 2.75) is 26.3 Å². The van der Waals surface area contributed by atoms with Gasteiger partial charge in [0.05, 0.1) is 0 Å². The standard InChI is InChI=1S/C18H21ClN4O/c1-13-4-5-15(11-16(13)19)22-18(24)21-12-14-6-7-20-17(10-14)23-8-2-3-9-23/h4-7,10-11H,2-3,8-9,12H2,1H3,(H2,21,22,24). The molecule has 1 aromatic carbocycles. The molecule has 2 heterocycles. The van der Waals surface area contributed by atoms with E-state index in [4.69, 9.17) is 11.6 Å². The molecule has 3 rings (SSSR count). The van der Waals surface area contributed by atoms with Crippen LogP contribution in [0.4, 0.5) is 16.3 Å². The highest BCUT2D eigenvalue weighted by Gasteiger charge is 2.13. The van der Waals surface area contributed by atoms with Crippen LogP contribution in [0.1, 0.15) is 24.0 Å². The number of halogens is 1. The Morgan fingerprint density at radius 3 is 2.79 bits per heavy atom. The first-order valence-corrected chi connectivity index (χ1v) is 8.50. The van der Waals surface area contributed by atoms with E-state index in [-0.39, 0.29) is 6.03 Å². The van der Waals surface area contributed by atoms with Crippen LogP contribution in [0.15, 0.2) is 36.5 Å². The molecule has 0 radical (unpaired) electrons. The fourth-order valence-corrected chi connectivity index (χ4v) is 2.90. The van der Waals surface area contributed by atoms with E-state index in [1.165, 1.54) is 12.8 Å². The number of amides is 2. The molecule has 2 amide bonds. The van der Waals surface area contributed by atoms with E-state index in [2.05, 4.69) is 20.5 Å². The van der Waals surface area contributed by atoms with Gasteiger partial charge in [-0.15, -0.1) is 0 Å². The number of carbonyl (C=O) groups excluding carboxylic acids is 1. The van der Waals surface area contributed by atoms with Crippen molar-refractivity contribution >= 4 is 29.1 Å². The first-order valence-electron chi connectivity index (χ1n) is 8.13. The van der Waals surface area contributed by atoms with E-state index in [9.17, 15) is 4.79 Å². The summed E-state index contributed by atoms with van der Waals surface area (Å²) in [5.74, 6) is 0.984. The Bertz CT molecular complexity index is 729. The number of carbonyl (C=O) groups is 1. The summed E-state index contributed by atoms with van der Waals surface area (Å²) in [5.41, 5.74) is 2.69. The highest BCUT2D eigenvalue weighted by atomic mass is 35.5. The number of hydrogen-bond acceptors (Lipinski definition) is 3. The molecule has 0 saturated carbocycles. The van der Waals surface area contributed by atoms with Crippen LogP contribution in [-0.4, -0.2) is 24.1 Å². The number of nitrogens with one attached hydrogen (secondary N) is 2. The molecule has 2 aromatic rings. The number of rotatable bonds is 4. The van der Waals surface area contributed by atoms with E-state index in [0.29, 0.717) is 17.3 Å². The minimum atomic E-state index is -0.255. The molecule has 1 aliphatic heterocycles. The fourth-order valence-electron chi connectivity index (χ4n) is 2.72. The van der Waals surface area contributed by atoms with E-state index in [1.807, 2.05) is 31.2 Å². The van der Waals surface area contributed by atoms with Gasteiger partial charge in [-0.05, 0) is 55.2 Å². The Hall–Kier alpha value is -2.27. The molecule has 1 saturated heterocycles. The predicted molar refractivity (Wildman–Crippen MR) is 97.7 cm³/mol. The van der Waals surface area contributed by atoms with Gasteiger partial charge in [-0.25, -0.2) is 9.78 Å². The van der Waals surface area contributed by atoms with Gasteiger partial charge in [0.2, 0.25) is 0 Å². The summed E-state index contributed by atoms with van der Waals surface area (Å²) >= 11 is 6.07. The first-order chi connectivity index (χ1) is 11.6. The maximum Gasteiger partial charge on any atom is 0.319 e.